The molecule has 1 heterocycles. The van der Waals surface area contributed by atoms with Crippen LogP contribution in [0.1, 0.15) is 18.2 Å². The predicted octanol–water partition coefficient (Wildman–Crippen LogP) is 3.16. The van der Waals surface area contributed by atoms with E-state index in [1.54, 1.807) is 0 Å². The molecular formula is C13H15N3. The van der Waals surface area contributed by atoms with E-state index in [2.05, 4.69) is 34.6 Å². The van der Waals surface area contributed by atoms with Gasteiger partial charge in [0, 0.05) is 6.20 Å². The fourth-order valence-corrected chi connectivity index (χ4v) is 1.39. The summed E-state index contributed by atoms with van der Waals surface area (Å²) in [6.07, 6.45) is 1.89. The minimum atomic E-state index is 0.936. The molecule has 0 atom stereocenters. The van der Waals surface area contributed by atoms with Gasteiger partial charge in [0.05, 0.1) is 17.1 Å². The quantitative estimate of drug-likeness (QED) is 0.596. The van der Waals surface area contributed by atoms with Crippen molar-refractivity contribution >= 4 is 11.4 Å². The monoisotopic (exact) mass is 213 g/mol. The zero-order chi connectivity index (χ0) is 11.4. The number of benzene rings is 1. The van der Waals surface area contributed by atoms with E-state index in [0.717, 1.165) is 17.1 Å². The molecular weight excluding hydrogens is 198 g/mol. The zero-order valence-corrected chi connectivity index (χ0v) is 9.49. The first-order valence-corrected chi connectivity index (χ1v) is 5.26. The molecule has 16 heavy (non-hydrogen) atoms. The molecule has 0 amide bonds. The summed E-state index contributed by atoms with van der Waals surface area (Å²) in [6.45, 7) is 4.03. The van der Waals surface area contributed by atoms with E-state index in [-0.39, 0.29) is 0 Å². The highest BCUT2D eigenvalue weighted by Gasteiger charge is 1.96. The van der Waals surface area contributed by atoms with Crippen LogP contribution in [0.15, 0.2) is 47.7 Å². The third kappa shape index (κ3) is 2.51. The van der Waals surface area contributed by atoms with Gasteiger partial charge in [-0.3, -0.25) is 5.43 Å². The minimum absolute atomic E-state index is 0.936. The number of nitrogens with zero attached hydrogens (tertiary/aromatic N) is 1. The van der Waals surface area contributed by atoms with Crippen molar-refractivity contribution in [2.45, 2.75) is 13.8 Å². The number of aryl methyl sites for hydroxylation is 1. The summed E-state index contributed by atoms with van der Waals surface area (Å²) in [5, 5.41) is 4.30. The Morgan fingerprint density at radius 1 is 1.19 bits per heavy atom. The summed E-state index contributed by atoms with van der Waals surface area (Å²) in [4.78, 5) is 3.11. The standard InChI is InChI=1S/C13H15N3/c1-10-5-7-12(8-6-10)16-15-11(2)13-4-3-9-14-13/h3-9,14,16H,1-2H3/b15-11+. The molecule has 0 aliphatic rings. The molecule has 2 aromatic rings. The van der Waals surface area contributed by atoms with Gasteiger partial charge in [0.1, 0.15) is 0 Å². The topological polar surface area (TPSA) is 40.2 Å². The Kier molecular flexibility index (Phi) is 3.05. The fraction of sp³-hybridized carbons (Fsp3) is 0.154. The summed E-state index contributed by atoms with van der Waals surface area (Å²) in [5.74, 6) is 0. The van der Waals surface area contributed by atoms with Gasteiger partial charge in [-0.2, -0.15) is 5.10 Å². The van der Waals surface area contributed by atoms with Crippen molar-refractivity contribution in [1.82, 2.24) is 4.98 Å². The van der Waals surface area contributed by atoms with Gasteiger partial charge in [0.15, 0.2) is 0 Å². The molecule has 2 rings (SSSR count). The van der Waals surface area contributed by atoms with Gasteiger partial charge in [0.25, 0.3) is 0 Å². The smallest absolute Gasteiger partial charge is 0.0810 e. The first-order chi connectivity index (χ1) is 7.75. The van der Waals surface area contributed by atoms with Crippen LogP contribution < -0.4 is 5.43 Å². The van der Waals surface area contributed by atoms with Gasteiger partial charge in [-0.15, -0.1) is 0 Å². The van der Waals surface area contributed by atoms with Gasteiger partial charge in [0.2, 0.25) is 0 Å². The Bertz CT molecular complexity index is 466. The lowest BCUT2D eigenvalue weighted by Gasteiger charge is -2.02. The molecule has 0 bridgehead atoms. The summed E-state index contributed by atoms with van der Waals surface area (Å²) in [5.41, 5.74) is 7.23. The zero-order valence-electron chi connectivity index (χ0n) is 9.49. The van der Waals surface area contributed by atoms with E-state index < -0.39 is 0 Å². The number of anilines is 1. The van der Waals surface area contributed by atoms with Crippen LogP contribution in [-0.4, -0.2) is 10.7 Å². The number of hydrogen-bond acceptors (Lipinski definition) is 2. The highest BCUT2D eigenvalue weighted by Crippen LogP contribution is 2.08. The third-order valence-electron chi connectivity index (χ3n) is 2.39. The van der Waals surface area contributed by atoms with Crippen molar-refractivity contribution in [1.29, 1.82) is 0 Å². The predicted molar refractivity (Wildman–Crippen MR) is 67.8 cm³/mol. The van der Waals surface area contributed by atoms with Crippen molar-refractivity contribution in [3.8, 4) is 0 Å². The van der Waals surface area contributed by atoms with Crippen LogP contribution in [0.2, 0.25) is 0 Å². The van der Waals surface area contributed by atoms with E-state index in [4.69, 9.17) is 0 Å². The van der Waals surface area contributed by atoms with Crippen molar-refractivity contribution in [2.75, 3.05) is 5.43 Å². The molecule has 0 unspecified atom stereocenters. The van der Waals surface area contributed by atoms with Crippen molar-refractivity contribution in [2.24, 2.45) is 5.10 Å². The summed E-state index contributed by atoms with van der Waals surface area (Å²) >= 11 is 0. The average Bonchev–Trinajstić information content (AvgIpc) is 2.81. The largest absolute Gasteiger partial charge is 0.360 e. The van der Waals surface area contributed by atoms with Crippen molar-refractivity contribution < 1.29 is 0 Å². The molecule has 1 aromatic carbocycles. The highest BCUT2D eigenvalue weighted by atomic mass is 15.3. The molecule has 0 radical (unpaired) electrons. The average molecular weight is 213 g/mol. The number of aromatic nitrogens is 1. The number of rotatable bonds is 3. The van der Waals surface area contributed by atoms with Gasteiger partial charge in [-0.05, 0) is 38.1 Å². The van der Waals surface area contributed by atoms with Gasteiger partial charge < -0.3 is 4.98 Å². The second kappa shape index (κ2) is 4.66. The summed E-state index contributed by atoms with van der Waals surface area (Å²) in [7, 11) is 0. The van der Waals surface area contributed by atoms with Gasteiger partial charge in [-0.1, -0.05) is 17.7 Å². The SMILES string of the molecule is C/C(=N\Nc1ccc(C)cc1)c1ccc[nH]1. The highest BCUT2D eigenvalue weighted by molar-refractivity contribution is 5.97. The molecule has 82 valence electrons. The second-order valence-electron chi connectivity index (χ2n) is 3.76. The third-order valence-corrected chi connectivity index (χ3v) is 2.39. The van der Waals surface area contributed by atoms with Crippen LogP contribution in [-0.2, 0) is 0 Å². The molecule has 0 aliphatic heterocycles. The number of hydrogen-bond donors (Lipinski definition) is 2. The molecule has 2 N–H and O–H groups in total. The van der Waals surface area contributed by atoms with Crippen molar-refractivity contribution in [3.05, 3.63) is 53.9 Å². The number of aromatic amines is 1. The molecule has 0 aliphatic carbocycles. The Labute approximate surface area is 95.2 Å². The number of nitrogens with one attached hydrogen (secondary N) is 2. The Balaban J connectivity index is 2.06. The van der Waals surface area contributed by atoms with E-state index >= 15 is 0 Å². The molecule has 0 saturated heterocycles. The van der Waals surface area contributed by atoms with Crippen LogP contribution >= 0.6 is 0 Å². The lowest BCUT2D eigenvalue weighted by atomic mass is 10.2. The lowest BCUT2D eigenvalue weighted by Crippen LogP contribution is -1.99. The molecule has 3 nitrogen and oxygen atoms in total. The van der Waals surface area contributed by atoms with E-state index in [1.807, 2.05) is 37.4 Å². The van der Waals surface area contributed by atoms with E-state index in [1.165, 1.54) is 5.56 Å². The fourth-order valence-electron chi connectivity index (χ4n) is 1.39. The van der Waals surface area contributed by atoms with Crippen LogP contribution in [0.5, 0.6) is 0 Å². The number of hydrazone groups is 1. The van der Waals surface area contributed by atoms with Gasteiger partial charge >= 0.3 is 0 Å². The minimum Gasteiger partial charge on any atom is -0.360 e. The van der Waals surface area contributed by atoms with E-state index in [9.17, 15) is 0 Å². The molecule has 0 fully saturated rings. The van der Waals surface area contributed by atoms with Crippen LogP contribution in [0.25, 0.3) is 0 Å². The summed E-state index contributed by atoms with van der Waals surface area (Å²) < 4.78 is 0. The maximum Gasteiger partial charge on any atom is 0.0810 e. The Morgan fingerprint density at radius 3 is 2.56 bits per heavy atom. The lowest BCUT2D eigenvalue weighted by molar-refractivity contribution is 1.28. The van der Waals surface area contributed by atoms with Gasteiger partial charge in [-0.25, -0.2) is 0 Å². The maximum absolute atomic E-state index is 4.30. The molecule has 0 saturated carbocycles. The van der Waals surface area contributed by atoms with Crippen LogP contribution in [0, 0.1) is 6.92 Å². The first-order valence-electron chi connectivity index (χ1n) is 5.26. The second-order valence-corrected chi connectivity index (χ2v) is 3.76. The maximum atomic E-state index is 4.30. The molecule has 1 aromatic heterocycles. The van der Waals surface area contributed by atoms with Crippen molar-refractivity contribution in [3.63, 3.8) is 0 Å². The molecule has 0 spiro atoms. The van der Waals surface area contributed by atoms with Crippen LogP contribution in [0.3, 0.4) is 0 Å². The Hall–Kier alpha value is -2.03. The van der Waals surface area contributed by atoms with Crippen LogP contribution in [0.4, 0.5) is 5.69 Å². The van der Waals surface area contributed by atoms with E-state index in [0.29, 0.717) is 0 Å². The summed E-state index contributed by atoms with van der Waals surface area (Å²) in [6, 6.07) is 12.1. The molecule has 3 heteroatoms. The first kappa shape index (κ1) is 10.5. The normalized spacial score (nSPS) is 11.5. The number of H-pyrrole nitrogens is 1. The Morgan fingerprint density at radius 2 is 1.94 bits per heavy atom.